The quantitative estimate of drug-likeness (QED) is 0.846. The Morgan fingerprint density at radius 3 is 2.87 bits per heavy atom. The first-order valence-corrected chi connectivity index (χ1v) is 7.87. The average Bonchev–Trinajstić information content (AvgIpc) is 3.21. The van der Waals surface area contributed by atoms with Gasteiger partial charge in [-0.1, -0.05) is 30.3 Å². The minimum absolute atomic E-state index is 0.00549. The van der Waals surface area contributed by atoms with E-state index in [2.05, 4.69) is 27.6 Å². The summed E-state index contributed by atoms with van der Waals surface area (Å²) in [5, 5.41) is 9.11. The number of hydrogen-bond donors (Lipinski definition) is 2. The van der Waals surface area contributed by atoms with E-state index < -0.39 is 6.04 Å². The Hall–Kier alpha value is -2.63. The number of aromatic amines is 1. The van der Waals surface area contributed by atoms with Crippen molar-refractivity contribution < 1.29 is 9.59 Å². The van der Waals surface area contributed by atoms with Crippen molar-refractivity contribution >= 4 is 11.8 Å². The average molecular weight is 312 g/mol. The number of amides is 2. The molecule has 2 amide bonds. The van der Waals surface area contributed by atoms with Crippen LogP contribution in [-0.2, 0) is 11.2 Å². The van der Waals surface area contributed by atoms with Crippen molar-refractivity contribution in [1.29, 1.82) is 0 Å². The summed E-state index contributed by atoms with van der Waals surface area (Å²) in [7, 11) is 0. The molecule has 2 aromatic rings. The summed E-state index contributed by atoms with van der Waals surface area (Å²) in [4.78, 5) is 26.1. The second kappa shape index (κ2) is 7.09. The van der Waals surface area contributed by atoms with Gasteiger partial charge in [0.05, 0.1) is 0 Å². The monoisotopic (exact) mass is 312 g/mol. The maximum atomic E-state index is 12.3. The fourth-order valence-corrected chi connectivity index (χ4v) is 2.83. The SMILES string of the molecule is O=C(N[C@@H]1CCN(CCCc2ccccc2)C1=O)c1ccn[nH]1. The van der Waals surface area contributed by atoms with Crippen LogP contribution < -0.4 is 5.32 Å². The molecule has 1 aliphatic rings. The summed E-state index contributed by atoms with van der Waals surface area (Å²) in [6.07, 6.45) is 4.05. The Morgan fingerprint density at radius 2 is 2.13 bits per heavy atom. The summed E-state index contributed by atoms with van der Waals surface area (Å²) in [6.45, 7) is 1.42. The third kappa shape index (κ3) is 3.77. The van der Waals surface area contributed by atoms with Gasteiger partial charge in [-0.25, -0.2) is 0 Å². The Kier molecular flexibility index (Phi) is 4.71. The molecule has 0 spiro atoms. The molecule has 1 saturated heterocycles. The molecule has 2 N–H and O–H groups in total. The number of nitrogens with zero attached hydrogens (tertiary/aromatic N) is 2. The maximum Gasteiger partial charge on any atom is 0.269 e. The third-order valence-corrected chi connectivity index (χ3v) is 4.08. The smallest absolute Gasteiger partial charge is 0.269 e. The fraction of sp³-hybridized carbons (Fsp3) is 0.353. The highest BCUT2D eigenvalue weighted by molar-refractivity contribution is 5.96. The molecule has 1 aromatic heterocycles. The zero-order valence-electron chi connectivity index (χ0n) is 12.9. The van der Waals surface area contributed by atoms with Crippen LogP contribution in [0.25, 0.3) is 0 Å². The first-order chi connectivity index (χ1) is 11.2. The van der Waals surface area contributed by atoms with E-state index in [0.717, 1.165) is 19.4 Å². The number of hydrogen-bond acceptors (Lipinski definition) is 3. The van der Waals surface area contributed by atoms with Crippen LogP contribution in [0.1, 0.15) is 28.9 Å². The molecule has 1 atom stereocenters. The molecule has 3 rings (SSSR count). The van der Waals surface area contributed by atoms with Crippen molar-refractivity contribution in [3.05, 3.63) is 53.9 Å². The van der Waals surface area contributed by atoms with Gasteiger partial charge < -0.3 is 10.2 Å². The zero-order valence-corrected chi connectivity index (χ0v) is 12.9. The molecular weight excluding hydrogens is 292 g/mol. The predicted molar refractivity (Wildman–Crippen MR) is 85.8 cm³/mol. The van der Waals surface area contributed by atoms with E-state index in [4.69, 9.17) is 0 Å². The van der Waals surface area contributed by atoms with Crippen LogP contribution >= 0.6 is 0 Å². The van der Waals surface area contributed by atoms with Crippen LogP contribution in [0.2, 0.25) is 0 Å². The number of aromatic nitrogens is 2. The standard InChI is InChI=1S/C17H20N4O2/c22-16(14-8-10-18-20-14)19-15-9-12-21(17(15)23)11-4-7-13-5-2-1-3-6-13/h1-3,5-6,8,10,15H,4,7,9,11-12H2,(H,18,20)(H,19,22)/t15-/m1/s1. The highest BCUT2D eigenvalue weighted by Crippen LogP contribution is 2.13. The summed E-state index contributed by atoms with van der Waals surface area (Å²) in [5.74, 6) is -0.280. The van der Waals surface area contributed by atoms with E-state index >= 15 is 0 Å². The van der Waals surface area contributed by atoms with Crippen LogP contribution in [0.5, 0.6) is 0 Å². The lowest BCUT2D eigenvalue weighted by molar-refractivity contribution is -0.129. The van der Waals surface area contributed by atoms with Gasteiger partial charge in [0.15, 0.2) is 0 Å². The summed E-state index contributed by atoms with van der Waals surface area (Å²) in [6, 6.07) is 11.4. The molecular formula is C17H20N4O2. The largest absolute Gasteiger partial charge is 0.341 e. The number of H-pyrrole nitrogens is 1. The fourth-order valence-electron chi connectivity index (χ4n) is 2.83. The van der Waals surface area contributed by atoms with Crippen LogP contribution in [0, 0.1) is 0 Å². The lowest BCUT2D eigenvalue weighted by Crippen LogP contribution is -2.41. The number of nitrogens with one attached hydrogen (secondary N) is 2. The van der Waals surface area contributed by atoms with Crippen molar-refractivity contribution in [2.75, 3.05) is 13.1 Å². The van der Waals surface area contributed by atoms with E-state index in [1.807, 2.05) is 23.1 Å². The van der Waals surface area contributed by atoms with Crippen molar-refractivity contribution in [3.8, 4) is 0 Å². The molecule has 0 aliphatic carbocycles. The van der Waals surface area contributed by atoms with E-state index in [1.165, 1.54) is 11.8 Å². The molecule has 120 valence electrons. The number of benzene rings is 1. The molecule has 0 saturated carbocycles. The first-order valence-electron chi connectivity index (χ1n) is 7.87. The Bertz CT molecular complexity index is 654. The second-order valence-electron chi connectivity index (χ2n) is 5.70. The summed E-state index contributed by atoms with van der Waals surface area (Å²) in [5.41, 5.74) is 1.66. The van der Waals surface area contributed by atoms with Gasteiger partial charge in [-0.05, 0) is 30.9 Å². The molecule has 0 radical (unpaired) electrons. The van der Waals surface area contributed by atoms with Gasteiger partial charge in [-0.2, -0.15) is 5.10 Å². The van der Waals surface area contributed by atoms with Gasteiger partial charge in [0.2, 0.25) is 5.91 Å². The normalized spacial score (nSPS) is 17.5. The molecule has 0 bridgehead atoms. The van der Waals surface area contributed by atoms with Gasteiger partial charge >= 0.3 is 0 Å². The Labute approximate surface area is 134 Å². The minimum Gasteiger partial charge on any atom is -0.341 e. The van der Waals surface area contributed by atoms with Gasteiger partial charge in [-0.3, -0.25) is 14.7 Å². The highest BCUT2D eigenvalue weighted by Gasteiger charge is 2.32. The third-order valence-electron chi connectivity index (χ3n) is 4.08. The van der Waals surface area contributed by atoms with Gasteiger partial charge in [0.1, 0.15) is 11.7 Å². The molecule has 23 heavy (non-hydrogen) atoms. The molecule has 1 fully saturated rings. The van der Waals surface area contributed by atoms with Gasteiger partial charge in [0, 0.05) is 19.3 Å². The molecule has 1 aromatic carbocycles. The second-order valence-corrected chi connectivity index (χ2v) is 5.70. The van der Waals surface area contributed by atoms with Crippen LogP contribution in [0.4, 0.5) is 0 Å². The zero-order chi connectivity index (χ0) is 16.1. The van der Waals surface area contributed by atoms with Crippen LogP contribution in [-0.4, -0.2) is 46.0 Å². The van der Waals surface area contributed by atoms with Crippen LogP contribution in [0.3, 0.4) is 0 Å². The molecule has 6 nitrogen and oxygen atoms in total. The van der Waals surface area contributed by atoms with Gasteiger partial charge in [0.25, 0.3) is 5.91 Å². The van der Waals surface area contributed by atoms with E-state index in [0.29, 0.717) is 18.7 Å². The van der Waals surface area contributed by atoms with E-state index in [1.54, 1.807) is 6.07 Å². The van der Waals surface area contributed by atoms with Crippen molar-refractivity contribution in [3.63, 3.8) is 0 Å². The Morgan fingerprint density at radius 1 is 1.30 bits per heavy atom. The molecule has 6 heteroatoms. The predicted octanol–water partition coefficient (Wildman–Crippen LogP) is 1.37. The number of carbonyl (C=O) groups excluding carboxylic acids is 2. The lowest BCUT2D eigenvalue weighted by atomic mass is 10.1. The topological polar surface area (TPSA) is 78.1 Å². The minimum atomic E-state index is -0.428. The van der Waals surface area contributed by atoms with Crippen molar-refractivity contribution in [2.24, 2.45) is 0 Å². The van der Waals surface area contributed by atoms with E-state index in [9.17, 15) is 9.59 Å². The lowest BCUT2D eigenvalue weighted by Gasteiger charge is -2.17. The summed E-state index contributed by atoms with van der Waals surface area (Å²) >= 11 is 0. The number of likely N-dealkylation sites (tertiary alicyclic amines) is 1. The van der Waals surface area contributed by atoms with Crippen molar-refractivity contribution in [2.45, 2.75) is 25.3 Å². The van der Waals surface area contributed by atoms with Crippen molar-refractivity contribution in [1.82, 2.24) is 20.4 Å². The van der Waals surface area contributed by atoms with Crippen LogP contribution in [0.15, 0.2) is 42.6 Å². The highest BCUT2D eigenvalue weighted by atomic mass is 16.2. The molecule has 2 heterocycles. The number of carbonyl (C=O) groups is 2. The Balaban J connectivity index is 1.46. The molecule has 0 unspecified atom stereocenters. The van der Waals surface area contributed by atoms with E-state index in [-0.39, 0.29) is 11.8 Å². The first kappa shape index (κ1) is 15.3. The molecule has 1 aliphatic heterocycles. The maximum absolute atomic E-state index is 12.3. The van der Waals surface area contributed by atoms with Gasteiger partial charge in [-0.15, -0.1) is 0 Å². The number of aryl methyl sites for hydroxylation is 1. The number of rotatable bonds is 6. The summed E-state index contributed by atoms with van der Waals surface area (Å²) < 4.78 is 0.